The van der Waals surface area contributed by atoms with Gasteiger partial charge in [0.1, 0.15) is 11.5 Å². The number of aliphatic hydroxyl groups is 2. The normalized spacial score (nSPS) is 27.7. The third-order valence-corrected chi connectivity index (χ3v) is 7.49. The number of carbonyl (C=O) groups is 1. The number of anilines is 1. The number of aliphatic hydroxyl groups excluding tert-OH is 2. The number of carbonyl (C=O) groups excluding carboxylic acids is 1. The van der Waals surface area contributed by atoms with Crippen LogP contribution in [0.25, 0.3) is 11.2 Å². The number of nitrogens with zero attached hydrogens (tertiary/aromatic N) is 4. The van der Waals surface area contributed by atoms with Crippen LogP contribution in [0.2, 0.25) is 4.34 Å². The first-order valence-electron chi connectivity index (χ1n) is 10.6. The molecule has 0 aliphatic heterocycles. The van der Waals surface area contributed by atoms with E-state index in [0.29, 0.717) is 34.2 Å². The van der Waals surface area contributed by atoms with E-state index in [-0.39, 0.29) is 18.3 Å². The van der Waals surface area contributed by atoms with E-state index in [1.165, 1.54) is 11.3 Å². The van der Waals surface area contributed by atoms with Crippen molar-refractivity contribution < 1.29 is 19.7 Å². The Bertz CT molecular complexity index is 1300. The number of nitrogens with one attached hydrogen (secondary N) is 1. The molecule has 0 radical (unpaired) electrons. The average molecular weight is 488 g/mol. The van der Waals surface area contributed by atoms with E-state index in [4.69, 9.17) is 16.3 Å². The monoisotopic (exact) mass is 487 g/mol. The highest BCUT2D eigenvalue weighted by Crippen LogP contribution is 2.68. The molecule has 33 heavy (non-hydrogen) atoms. The number of esters is 1. The molecular formula is C22H22ClN5O4S. The summed E-state index contributed by atoms with van der Waals surface area (Å²) in [7, 11) is 1.72. The molecule has 0 aromatic carbocycles. The maximum Gasteiger partial charge on any atom is 0.315 e. The molecule has 11 heteroatoms. The molecule has 5 atom stereocenters. The highest BCUT2D eigenvalue weighted by molar-refractivity contribution is 7.16. The Balaban J connectivity index is 1.53. The molecule has 0 bridgehead atoms. The molecule has 0 saturated heterocycles. The smallest absolute Gasteiger partial charge is 0.315 e. The molecule has 2 aliphatic rings. The summed E-state index contributed by atoms with van der Waals surface area (Å²) in [5, 5.41) is 24.7. The standard InChI is InChI=1S/C22H22ClN5O4S/c1-3-8-32-21(31)22-9-12(22)16(17(29)18(22)30)28-10-25-15-19(24-2)26-14(27-20(15)28)7-5-11-4-6-13(23)33-11/h4,6,10,12,16-18,29-30H,3,8-9H2,1-2H3,(H,24,26,27)/t12-,16-,17+,18+,22+/m1/s1. The second-order valence-electron chi connectivity index (χ2n) is 8.24. The maximum absolute atomic E-state index is 12.7. The molecule has 2 saturated carbocycles. The van der Waals surface area contributed by atoms with E-state index in [2.05, 4.69) is 32.1 Å². The van der Waals surface area contributed by atoms with Gasteiger partial charge >= 0.3 is 5.97 Å². The van der Waals surface area contributed by atoms with Crippen LogP contribution in [-0.2, 0) is 9.53 Å². The second kappa shape index (κ2) is 8.25. The highest BCUT2D eigenvalue weighted by Gasteiger charge is 2.76. The lowest BCUT2D eigenvalue weighted by atomic mass is 9.99. The summed E-state index contributed by atoms with van der Waals surface area (Å²) in [4.78, 5) is 26.9. The maximum atomic E-state index is 12.7. The van der Waals surface area contributed by atoms with Crippen LogP contribution in [0.1, 0.15) is 36.5 Å². The molecular weight excluding hydrogens is 466 g/mol. The van der Waals surface area contributed by atoms with E-state index < -0.39 is 29.6 Å². The lowest BCUT2D eigenvalue weighted by Gasteiger charge is -2.23. The molecule has 172 valence electrons. The van der Waals surface area contributed by atoms with Crippen LogP contribution in [0, 0.1) is 23.2 Å². The van der Waals surface area contributed by atoms with Gasteiger partial charge in [0, 0.05) is 13.0 Å². The van der Waals surface area contributed by atoms with Crippen molar-refractivity contribution in [2.24, 2.45) is 11.3 Å². The number of halogens is 1. The van der Waals surface area contributed by atoms with Crippen molar-refractivity contribution >= 4 is 45.9 Å². The number of imidazole rings is 1. The lowest BCUT2D eigenvalue weighted by Crippen LogP contribution is -2.38. The summed E-state index contributed by atoms with van der Waals surface area (Å²) >= 11 is 7.33. The molecule has 2 fully saturated rings. The van der Waals surface area contributed by atoms with Gasteiger partial charge in [0.2, 0.25) is 5.82 Å². The lowest BCUT2D eigenvalue weighted by molar-refractivity contribution is -0.156. The summed E-state index contributed by atoms with van der Waals surface area (Å²) < 4.78 is 7.68. The van der Waals surface area contributed by atoms with Crippen LogP contribution in [0.15, 0.2) is 18.5 Å². The van der Waals surface area contributed by atoms with Crippen LogP contribution < -0.4 is 5.32 Å². The Labute approximate surface area is 198 Å². The number of hydrogen-bond donors (Lipinski definition) is 3. The van der Waals surface area contributed by atoms with Gasteiger partial charge < -0.3 is 24.8 Å². The Hall–Kier alpha value is -2.71. The van der Waals surface area contributed by atoms with Crippen LogP contribution in [0.4, 0.5) is 5.82 Å². The van der Waals surface area contributed by atoms with Crippen LogP contribution in [-0.4, -0.2) is 61.6 Å². The third-order valence-electron chi connectivity index (χ3n) is 6.34. The fraction of sp³-hybridized carbons (Fsp3) is 0.455. The molecule has 3 aromatic rings. The second-order valence-corrected chi connectivity index (χ2v) is 9.95. The highest BCUT2D eigenvalue weighted by atomic mass is 35.5. The van der Waals surface area contributed by atoms with Gasteiger partial charge in [-0.15, -0.1) is 11.3 Å². The number of aromatic nitrogens is 4. The fourth-order valence-corrected chi connectivity index (χ4v) is 5.60. The topological polar surface area (TPSA) is 122 Å². The van der Waals surface area contributed by atoms with E-state index in [1.807, 2.05) is 13.0 Å². The van der Waals surface area contributed by atoms with E-state index in [0.717, 1.165) is 4.88 Å². The van der Waals surface area contributed by atoms with Crippen LogP contribution >= 0.6 is 22.9 Å². The molecule has 0 amide bonds. The largest absolute Gasteiger partial charge is 0.465 e. The molecule has 0 spiro atoms. The number of ether oxygens (including phenoxy) is 1. The van der Waals surface area contributed by atoms with Gasteiger partial charge in [0.25, 0.3) is 0 Å². The Morgan fingerprint density at radius 2 is 2.21 bits per heavy atom. The molecule has 3 N–H and O–H groups in total. The first-order valence-corrected chi connectivity index (χ1v) is 11.8. The quantitative estimate of drug-likeness (QED) is 0.370. The SMILES string of the molecule is CCCOC(=O)[C@@]12C[C@@H]1[C@@H](n1cnc3c(NC)nc(C#Cc4ccc(Cl)s4)nc31)[C@H](O)[C@@H]2O. The zero-order valence-corrected chi connectivity index (χ0v) is 19.5. The van der Waals surface area contributed by atoms with E-state index >= 15 is 0 Å². The number of fused-ring (bicyclic) bond motifs is 2. The minimum absolute atomic E-state index is 0.274. The molecule has 0 unspecified atom stereocenters. The van der Waals surface area contributed by atoms with Gasteiger partial charge in [-0.2, -0.15) is 0 Å². The summed E-state index contributed by atoms with van der Waals surface area (Å²) in [6.45, 7) is 2.19. The zero-order chi connectivity index (χ0) is 23.3. The average Bonchev–Trinajstić information content (AvgIpc) is 3.06. The molecule has 3 heterocycles. The zero-order valence-electron chi connectivity index (χ0n) is 17.9. The summed E-state index contributed by atoms with van der Waals surface area (Å²) in [5.41, 5.74) is -0.116. The van der Waals surface area contributed by atoms with Gasteiger partial charge in [0.05, 0.1) is 34.3 Å². The molecule has 9 nitrogen and oxygen atoms in total. The van der Waals surface area contributed by atoms with Gasteiger partial charge in [-0.05, 0) is 36.8 Å². The van der Waals surface area contributed by atoms with Crippen molar-refractivity contribution in [2.45, 2.75) is 38.0 Å². The van der Waals surface area contributed by atoms with Gasteiger partial charge in [-0.3, -0.25) is 4.79 Å². The van der Waals surface area contributed by atoms with Gasteiger partial charge in [-0.25, -0.2) is 15.0 Å². The first kappa shape index (κ1) is 22.1. The first-order chi connectivity index (χ1) is 15.9. The van der Waals surface area contributed by atoms with E-state index in [9.17, 15) is 15.0 Å². The third kappa shape index (κ3) is 3.47. The molecule has 3 aromatic heterocycles. The summed E-state index contributed by atoms with van der Waals surface area (Å²) in [6, 6.07) is 3.02. The van der Waals surface area contributed by atoms with Crippen molar-refractivity contribution in [3.8, 4) is 11.8 Å². The summed E-state index contributed by atoms with van der Waals surface area (Å²) in [5.74, 6) is 5.98. The molecule has 2 aliphatic carbocycles. The summed E-state index contributed by atoms with van der Waals surface area (Å²) in [6.07, 6.45) is 0.302. The Morgan fingerprint density at radius 1 is 1.39 bits per heavy atom. The van der Waals surface area contributed by atoms with Crippen LogP contribution in [0.3, 0.4) is 0 Å². The molecule has 5 rings (SSSR count). The number of thiophene rings is 1. The van der Waals surface area contributed by atoms with E-state index in [1.54, 1.807) is 24.0 Å². The number of rotatable bonds is 5. The van der Waals surface area contributed by atoms with Crippen LogP contribution in [0.5, 0.6) is 0 Å². The fourth-order valence-electron chi connectivity index (χ4n) is 4.71. The van der Waals surface area contributed by atoms with Crippen molar-refractivity contribution in [1.29, 1.82) is 0 Å². The number of hydrogen-bond acceptors (Lipinski definition) is 9. The van der Waals surface area contributed by atoms with Crippen molar-refractivity contribution in [2.75, 3.05) is 19.0 Å². The minimum Gasteiger partial charge on any atom is -0.465 e. The van der Waals surface area contributed by atoms with Crippen molar-refractivity contribution in [1.82, 2.24) is 19.5 Å². The van der Waals surface area contributed by atoms with Gasteiger partial charge in [-0.1, -0.05) is 18.5 Å². The minimum atomic E-state index is -1.22. The van der Waals surface area contributed by atoms with Crippen molar-refractivity contribution in [3.63, 3.8) is 0 Å². The van der Waals surface area contributed by atoms with Gasteiger partial charge in [0.15, 0.2) is 17.0 Å². The Kier molecular flexibility index (Phi) is 5.53. The van der Waals surface area contributed by atoms with Crippen molar-refractivity contribution in [3.05, 3.63) is 33.5 Å². The predicted molar refractivity (Wildman–Crippen MR) is 123 cm³/mol. The predicted octanol–water partition coefficient (Wildman–Crippen LogP) is 2.22. The Morgan fingerprint density at radius 3 is 2.91 bits per heavy atom.